The molecule has 0 spiro atoms. The summed E-state index contributed by atoms with van der Waals surface area (Å²) in [6.45, 7) is 2.03. The van der Waals surface area contributed by atoms with Gasteiger partial charge in [-0.15, -0.1) is 0 Å². The fourth-order valence-electron chi connectivity index (χ4n) is 1.89. The maximum absolute atomic E-state index is 11.9. The van der Waals surface area contributed by atoms with E-state index in [1.54, 1.807) is 13.0 Å². The quantitative estimate of drug-likeness (QED) is 0.788. The van der Waals surface area contributed by atoms with Gasteiger partial charge in [-0.25, -0.2) is 13.2 Å². The van der Waals surface area contributed by atoms with Crippen LogP contribution in [-0.4, -0.2) is 45.1 Å². The van der Waals surface area contributed by atoms with E-state index in [-0.39, 0.29) is 10.6 Å². The minimum atomic E-state index is -3.27. The van der Waals surface area contributed by atoms with Gasteiger partial charge in [0, 0.05) is 19.3 Å². The second-order valence-corrected chi connectivity index (χ2v) is 6.63. The first-order chi connectivity index (χ1) is 9.35. The van der Waals surface area contributed by atoms with Crippen LogP contribution in [0.1, 0.15) is 5.56 Å². The highest BCUT2D eigenvalue weighted by Crippen LogP contribution is 2.31. The number of aryl methyl sites for hydroxylation is 1. The molecule has 2 rings (SSSR count). The van der Waals surface area contributed by atoms with E-state index < -0.39 is 15.9 Å². The first kappa shape index (κ1) is 14.3. The number of carbonyl (C=O) groups excluding carboxylic acids is 2. The number of sulfone groups is 1. The van der Waals surface area contributed by atoms with Crippen LogP contribution in [0.15, 0.2) is 17.0 Å². The summed E-state index contributed by atoms with van der Waals surface area (Å²) in [5.74, 6) is 0.0546. The molecule has 0 unspecified atom stereocenters. The van der Waals surface area contributed by atoms with Crippen LogP contribution in [0, 0.1) is 6.92 Å². The van der Waals surface area contributed by atoms with Crippen molar-refractivity contribution in [3.05, 3.63) is 17.7 Å². The van der Waals surface area contributed by atoms with Crippen molar-refractivity contribution >= 4 is 33.7 Å². The first-order valence-electron chi connectivity index (χ1n) is 5.95. The van der Waals surface area contributed by atoms with Crippen LogP contribution in [-0.2, 0) is 14.6 Å². The third-order valence-electron chi connectivity index (χ3n) is 3.07. The number of hydrogen-bond acceptors (Lipinski definition) is 5. The molecular weight excluding hydrogens is 282 g/mol. The molecule has 1 aliphatic rings. The second kappa shape index (κ2) is 5.12. The normalized spacial score (nSPS) is 15.7. The summed E-state index contributed by atoms with van der Waals surface area (Å²) in [4.78, 5) is 23.3. The Kier molecular flexibility index (Phi) is 3.67. The van der Waals surface area contributed by atoms with E-state index in [4.69, 9.17) is 0 Å². The van der Waals surface area contributed by atoms with Crippen LogP contribution in [0.3, 0.4) is 0 Å². The van der Waals surface area contributed by atoms with E-state index in [1.165, 1.54) is 13.1 Å². The number of imide groups is 1. The molecule has 0 bridgehead atoms. The van der Waals surface area contributed by atoms with Gasteiger partial charge in [0.05, 0.1) is 16.3 Å². The maximum atomic E-state index is 11.9. The summed E-state index contributed by atoms with van der Waals surface area (Å²) < 4.78 is 23.9. The zero-order valence-corrected chi connectivity index (χ0v) is 12.0. The van der Waals surface area contributed by atoms with E-state index in [2.05, 4.69) is 10.6 Å². The maximum Gasteiger partial charge on any atom is 0.328 e. The lowest BCUT2D eigenvalue weighted by Crippen LogP contribution is -2.30. The van der Waals surface area contributed by atoms with E-state index in [1.807, 2.05) is 0 Å². The van der Waals surface area contributed by atoms with Gasteiger partial charge in [0.25, 0.3) is 0 Å². The molecule has 108 valence electrons. The van der Waals surface area contributed by atoms with Crippen LogP contribution in [0.25, 0.3) is 0 Å². The van der Waals surface area contributed by atoms with Crippen molar-refractivity contribution in [3.8, 4) is 0 Å². The zero-order chi connectivity index (χ0) is 14.9. The van der Waals surface area contributed by atoms with Crippen molar-refractivity contribution in [2.75, 3.05) is 30.0 Å². The summed E-state index contributed by atoms with van der Waals surface area (Å²) in [5.41, 5.74) is 1.54. The number of urea groups is 1. The Morgan fingerprint density at radius 1 is 1.45 bits per heavy atom. The summed E-state index contributed by atoms with van der Waals surface area (Å²) in [7, 11) is -1.94. The molecule has 1 aromatic rings. The predicted octanol–water partition coefficient (Wildman–Crippen LogP) is 0.814. The number of amides is 3. The SMILES string of the molecule is Cc1cc2c(cc1NC(=O)N(C)C=O)NCCS2(=O)=O. The fourth-order valence-corrected chi connectivity index (χ4v) is 3.31. The smallest absolute Gasteiger partial charge is 0.328 e. The van der Waals surface area contributed by atoms with Gasteiger partial charge in [0.1, 0.15) is 0 Å². The third-order valence-corrected chi connectivity index (χ3v) is 4.82. The van der Waals surface area contributed by atoms with E-state index in [0.717, 1.165) is 4.90 Å². The van der Waals surface area contributed by atoms with Crippen LogP contribution in [0.5, 0.6) is 0 Å². The van der Waals surface area contributed by atoms with Crippen molar-refractivity contribution in [2.45, 2.75) is 11.8 Å². The minimum Gasteiger partial charge on any atom is -0.383 e. The molecule has 0 fully saturated rings. The van der Waals surface area contributed by atoms with Gasteiger partial charge in [-0.1, -0.05) is 0 Å². The molecule has 2 N–H and O–H groups in total. The highest BCUT2D eigenvalue weighted by atomic mass is 32.2. The number of anilines is 2. The van der Waals surface area contributed by atoms with Gasteiger partial charge in [-0.3, -0.25) is 9.69 Å². The largest absolute Gasteiger partial charge is 0.383 e. The van der Waals surface area contributed by atoms with Crippen LogP contribution in [0.2, 0.25) is 0 Å². The van der Waals surface area contributed by atoms with Gasteiger partial charge in [-0.2, -0.15) is 0 Å². The number of carbonyl (C=O) groups is 2. The molecule has 1 aliphatic heterocycles. The lowest BCUT2D eigenvalue weighted by molar-refractivity contribution is -0.114. The fraction of sp³-hybridized carbons (Fsp3) is 0.333. The molecule has 1 heterocycles. The molecule has 0 atom stereocenters. The molecule has 20 heavy (non-hydrogen) atoms. The monoisotopic (exact) mass is 297 g/mol. The summed E-state index contributed by atoms with van der Waals surface area (Å²) in [6.07, 6.45) is 0.395. The summed E-state index contributed by atoms with van der Waals surface area (Å²) >= 11 is 0. The molecule has 0 saturated carbocycles. The number of rotatable bonds is 2. The predicted molar refractivity (Wildman–Crippen MR) is 74.6 cm³/mol. The van der Waals surface area contributed by atoms with Gasteiger partial charge in [0.15, 0.2) is 9.84 Å². The van der Waals surface area contributed by atoms with Crippen LogP contribution in [0.4, 0.5) is 16.2 Å². The molecule has 0 saturated heterocycles. The Morgan fingerprint density at radius 3 is 2.80 bits per heavy atom. The number of fused-ring (bicyclic) bond motifs is 1. The summed E-state index contributed by atoms with van der Waals surface area (Å²) in [5, 5.41) is 5.55. The molecule has 0 radical (unpaired) electrons. The molecule has 0 aliphatic carbocycles. The van der Waals surface area contributed by atoms with Crippen molar-refractivity contribution in [1.29, 1.82) is 0 Å². The summed E-state index contributed by atoms with van der Waals surface area (Å²) in [6, 6.07) is 2.51. The highest BCUT2D eigenvalue weighted by molar-refractivity contribution is 7.91. The Labute approximate surface area is 116 Å². The van der Waals surface area contributed by atoms with Crippen LogP contribution < -0.4 is 10.6 Å². The van der Waals surface area contributed by atoms with Gasteiger partial charge >= 0.3 is 6.03 Å². The molecule has 1 aromatic carbocycles. The number of benzene rings is 1. The minimum absolute atomic E-state index is 0.0546. The Balaban J connectivity index is 2.38. The molecule has 3 amide bonds. The Morgan fingerprint density at radius 2 is 2.15 bits per heavy atom. The standard InChI is InChI=1S/C12H15N3O4S/c1-8-5-11-10(13-3-4-20(11,18)19)6-9(8)14-12(17)15(2)7-16/h5-7,13H,3-4H2,1-2H3,(H,14,17). The molecule has 8 heteroatoms. The lowest BCUT2D eigenvalue weighted by Gasteiger charge is -2.21. The molecular formula is C12H15N3O4S. The van der Waals surface area contributed by atoms with Gasteiger partial charge in [-0.05, 0) is 24.6 Å². The van der Waals surface area contributed by atoms with Gasteiger partial charge < -0.3 is 10.6 Å². The average Bonchev–Trinajstić information content (AvgIpc) is 2.39. The topological polar surface area (TPSA) is 95.6 Å². The third kappa shape index (κ3) is 2.60. The molecule has 0 aromatic heterocycles. The highest BCUT2D eigenvalue weighted by Gasteiger charge is 2.24. The van der Waals surface area contributed by atoms with E-state index >= 15 is 0 Å². The lowest BCUT2D eigenvalue weighted by atomic mass is 10.1. The Bertz CT molecular complexity index is 670. The zero-order valence-electron chi connectivity index (χ0n) is 11.1. The van der Waals surface area contributed by atoms with Crippen molar-refractivity contribution in [3.63, 3.8) is 0 Å². The average molecular weight is 297 g/mol. The Hall–Kier alpha value is -2.09. The number of nitrogens with zero attached hydrogens (tertiary/aromatic N) is 1. The number of nitrogens with one attached hydrogen (secondary N) is 2. The molecule has 7 nitrogen and oxygen atoms in total. The second-order valence-electron chi connectivity index (χ2n) is 4.56. The van der Waals surface area contributed by atoms with Crippen molar-refractivity contribution in [2.24, 2.45) is 0 Å². The van der Waals surface area contributed by atoms with Crippen LogP contribution >= 0.6 is 0 Å². The van der Waals surface area contributed by atoms with E-state index in [9.17, 15) is 18.0 Å². The van der Waals surface area contributed by atoms with E-state index in [0.29, 0.717) is 29.9 Å². The van der Waals surface area contributed by atoms with Gasteiger partial charge in [0.2, 0.25) is 6.41 Å². The number of hydrogen-bond donors (Lipinski definition) is 2. The van der Waals surface area contributed by atoms with Crippen molar-refractivity contribution in [1.82, 2.24) is 4.90 Å². The first-order valence-corrected chi connectivity index (χ1v) is 7.61. The van der Waals surface area contributed by atoms with Crippen molar-refractivity contribution < 1.29 is 18.0 Å².